The molecule has 0 unspecified atom stereocenters. The van der Waals surface area contributed by atoms with Crippen LogP contribution in [0.25, 0.3) is 0 Å². The highest BCUT2D eigenvalue weighted by Crippen LogP contribution is 2.18. The van der Waals surface area contributed by atoms with Crippen LogP contribution in [-0.4, -0.2) is 0 Å². The van der Waals surface area contributed by atoms with E-state index in [0.717, 1.165) is 11.1 Å². The number of hydrogen-bond acceptors (Lipinski definition) is 1. The minimum absolute atomic E-state index is 0.281. The second kappa shape index (κ2) is 5.19. The molecule has 17 heavy (non-hydrogen) atoms. The Hall–Kier alpha value is -1.54. The van der Waals surface area contributed by atoms with E-state index in [2.05, 4.69) is 0 Å². The summed E-state index contributed by atoms with van der Waals surface area (Å²) in [5.74, 6) is 0.258. The lowest BCUT2D eigenvalue weighted by Crippen LogP contribution is -1.96. The Labute approximate surface area is 105 Å². The van der Waals surface area contributed by atoms with E-state index < -0.39 is 0 Å². The monoisotopic (exact) mass is 250 g/mol. The molecule has 0 atom stereocenters. The van der Waals surface area contributed by atoms with Crippen molar-refractivity contribution < 1.29 is 9.13 Å². The molecule has 88 valence electrons. The van der Waals surface area contributed by atoms with Gasteiger partial charge in [0.15, 0.2) is 0 Å². The molecule has 0 spiro atoms. The Morgan fingerprint density at radius 1 is 1.12 bits per heavy atom. The maximum absolute atomic E-state index is 13.1. The summed E-state index contributed by atoms with van der Waals surface area (Å²) in [6.07, 6.45) is 0. The van der Waals surface area contributed by atoms with Crippen molar-refractivity contribution in [3.63, 3.8) is 0 Å². The third kappa shape index (κ3) is 3.46. The van der Waals surface area contributed by atoms with Crippen molar-refractivity contribution in [3.8, 4) is 5.75 Å². The minimum atomic E-state index is -0.281. The van der Waals surface area contributed by atoms with Crippen molar-refractivity contribution in [2.45, 2.75) is 13.5 Å². The van der Waals surface area contributed by atoms with Gasteiger partial charge in [-0.2, -0.15) is 0 Å². The molecule has 0 saturated carbocycles. The fourth-order valence-electron chi connectivity index (χ4n) is 1.53. The Kier molecular flexibility index (Phi) is 3.64. The zero-order valence-corrected chi connectivity index (χ0v) is 10.2. The Balaban J connectivity index is 2.04. The Bertz CT molecular complexity index is 488. The zero-order valence-electron chi connectivity index (χ0n) is 9.41. The molecule has 2 aromatic rings. The van der Waals surface area contributed by atoms with Crippen molar-refractivity contribution in [2.24, 2.45) is 0 Å². The lowest BCUT2D eigenvalue weighted by atomic mass is 10.2. The van der Waals surface area contributed by atoms with Crippen LogP contribution in [0.15, 0.2) is 42.5 Å². The summed E-state index contributed by atoms with van der Waals surface area (Å²) in [5.41, 5.74) is 1.84. The Morgan fingerprint density at radius 3 is 2.47 bits per heavy atom. The molecule has 0 amide bonds. The van der Waals surface area contributed by atoms with Crippen molar-refractivity contribution in [1.82, 2.24) is 0 Å². The van der Waals surface area contributed by atoms with Crippen LogP contribution in [0.4, 0.5) is 4.39 Å². The Morgan fingerprint density at radius 2 is 1.82 bits per heavy atom. The first-order valence-electron chi connectivity index (χ1n) is 5.28. The first kappa shape index (κ1) is 11.9. The van der Waals surface area contributed by atoms with Crippen molar-refractivity contribution >= 4 is 11.6 Å². The molecule has 0 heterocycles. The topological polar surface area (TPSA) is 9.23 Å². The highest BCUT2D eigenvalue weighted by atomic mass is 35.5. The number of aryl methyl sites for hydroxylation is 1. The van der Waals surface area contributed by atoms with E-state index in [9.17, 15) is 4.39 Å². The molecule has 0 radical (unpaired) electrons. The highest BCUT2D eigenvalue weighted by molar-refractivity contribution is 6.30. The molecule has 2 aromatic carbocycles. The average molecular weight is 251 g/mol. The molecule has 0 aromatic heterocycles. The number of halogens is 2. The van der Waals surface area contributed by atoms with Gasteiger partial charge in [-0.1, -0.05) is 23.7 Å². The lowest BCUT2D eigenvalue weighted by Gasteiger charge is -2.07. The van der Waals surface area contributed by atoms with Crippen molar-refractivity contribution in [1.29, 1.82) is 0 Å². The van der Waals surface area contributed by atoms with Crippen molar-refractivity contribution in [2.75, 3.05) is 0 Å². The van der Waals surface area contributed by atoms with Crippen LogP contribution in [-0.2, 0) is 6.61 Å². The van der Waals surface area contributed by atoms with Crippen LogP contribution in [0, 0.1) is 12.7 Å². The van der Waals surface area contributed by atoms with Gasteiger partial charge in [0.2, 0.25) is 0 Å². The van der Waals surface area contributed by atoms with Crippen molar-refractivity contribution in [3.05, 3.63) is 64.4 Å². The van der Waals surface area contributed by atoms with Gasteiger partial charge in [-0.3, -0.25) is 0 Å². The maximum Gasteiger partial charge on any atom is 0.127 e. The largest absolute Gasteiger partial charge is 0.489 e. The van der Waals surface area contributed by atoms with Crippen LogP contribution in [0.1, 0.15) is 11.1 Å². The fourth-order valence-corrected chi connectivity index (χ4v) is 1.66. The maximum atomic E-state index is 13.1. The van der Waals surface area contributed by atoms with Crippen LogP contribution in [0.3, 0.4) is 0 Å². The molecular formula is C14H12ClFO. The van der Waals surface area contributed by atoms with Crippen LogP contribution >= 0.6 is 11.6 Å². The SMILES string of the molecule is Cc1cc(F)cc(OCc2ccc(Cl)cc2)c1. The van der Waals surface area contributed by atoms with Crippen LogP contribution in [0.2, 0.25) is 5.02 Å². The van der Waals surface area contributed by atoms with E-state index >= 15 is 0 Å². The van der Waals surface area contributed by atoms with Gasteiger partial charge in [0.05, 0.1) is 0 Å². The first-order valence-corrected chi connectivity index (χ1v) is 5.66. The molecule has 0 aliphatic rings. The van der Waals surface area contributed by atoms with E-state index in [-0.39, 0.29) is 5.82 Å². The summed E-state index contributed by atoms with van der Waals surface area (Å²) in [5, 5.41) is 0.690. The van der Waals surface area contributed by atoms with Gasteiger partial charge in [0.25, 0.3) is 0 Å². The number of benzene rings is 2. The average Bonchev–Trinajstić information content (AvgIpc) is 2.27. The summed E-state index contributed by atoms with van der Waals surface area (Å²) in [6, 6.07) is 12.0. The summed E-state index contributed by atoms with van der Waals surface area (Å²) >= 11 is 5.78. The molecular weight excluding hydrogens is 239 g/mol. The van der Waals surface area contributed by atoms with Crippen LogP contribution < -0.4 is 4.74 Å². The molecule has 3 heteroatoms. The number of ether oxygens (including phenoxy) is 1. The normalized spacial score (nSPS) is 10.3. The van der Waals surface area contributed by atoms with E-state index in [1.807, 2.05) is 19.1 Å². The molecule has 0 N–H and O–H groups in total. The molecule has 0 aliphatic carbocycles. The van der Waals surface area contributed by atoms with Gasteiger partial charge in [0.1, 0.15) is 18.2 Å². The van der Waals surface area contributed by atoms with Gasteiger partial charge in [-0.15, -0.1) is 0 Å². The van der Waals surface area contributed by atoms with Gasteiger partial charge in [-0.25, -0.2) is 4.39 Å². The van der Waals surface area contributed by atoms with Gasteiger partial charge < -0.3 is 4.74 Å². The minimum Gasteiger partial charge on any atom is -0.489 e. The van der Waals surface area contributed by atoms with Gasteiger partial charge in [-0.05, 0) is 42.3 Å². The second-order valence-corrected chi connectivity index (χ2v) is 4.32. The predicted octanol–water partition coefficient (Wildman–Crippen LogP) is 4.37. The standard InChI is InChI=1S/C14H12ClFO/c1-10-6-13(16)8-14(7-10)17-9-11-2-4-12(15)5-3-11/h2-8H,9H2,1H3. The van der Waals surface area contributed by atoms with Crippen LogP contribution in [0.5, 0.6) is 5.75 Å². The summed E-state index contributed by atoms with van der Waals surface area (Å²) in [7, 11) is 0. The molecule has 0 aliphatic heterocycles. The first-order chi connectivity index (χ1) is 8.13. The van der Waals surface area contributed by atoms with Gasteiger partial charge in [0, 0.05) is 11.1 Å². The molecule has 0 fully saturated rings. The van der Waals surface area contributed by atoms with Gasteiger partial charge >= 0.3 is 0 Å². The lowest BCUT2D eigenvalue weighted by molar-refractivity contribution is 0.304. The van der Waals surface area contributed by atoms with E-state index in [1.165, 1.54) is 12.1 Å². The molecule has 1 nitrogen and oxygen atoms in total. The number of hydrogen-bond donors (Lipinski definition) is 0. The summed E-state index contributed by atoms with van der Waals surface area (Å²) in [4.78, 5) is 0. The fraction of sp³-hybridized carbons (Fsp3) is 0.143. The molecule has 0 saturated heterocycles. The quantitative estimate of drug-likeness (QED) is 0.786. The third-order valence-corrected chi connectivity index (χ3v) is 2.59. The zero-order chi connectivity index (χ0) is 12.3. The summed E-state index contributed by atoms with van der Waals surface area (Å²) < 4.78 is 18.6. The number of rotatable bonds is 3. The smallest absolute Gasteiger partial charge is 0.127 e. The second-order valence-electron chi connectivity index (χ2n) is 3.88. The summed E-state index contributed by atoms with van der Waals surface area (Å²) in [6.45, 7) is 2.23. The van der Waals surface area contributed by atoms with E-state index in [0.29, 0.717) is 17.4 Å². The molecule has 2 rings (SSSR count). The predicted molar refractivity (Wildman–Crippen MR) is 66.9 cm³/mol. The third-order valence-electron chi connectivity index (χ3n) is 2.33. The van der Waals surface area contributed by atoms with E-state index in [4.69, 9.17) is 16.3 Å². The van der Waals surface area contributed by atoms with E-state index in [1.54, 1.807) is 18.2 Å². The molecule has 0 bridgehead atoms. The highest BCUT2D eigenvalue weighted by Gasteiger charge is 2.00.